The van der Waals surface area contributed by atoms with Crippen LogP contribution in [0.2, 0.25) is 0 Å². The number of hydrogen-bond acceptors (Lipinski definition) is 4. The van der Waals surface area contributed by atoms with E-state index in [4.69, 9.17) is 5.11 Å². The number of ketones is 1. The summed E-state index contributed by atoms with van der Waals surface area (Å²) in [7, 11) is 0. The Morgan fingerprint density at radius 3 is 2.76 bits per heavy atom. The summed E-state index contributed by atoms with van der Waals surface area (Å²) in [4.78, 5) is 21.3. The summed E-state index contributed by atoms with van der Waals surface area (Å²) in [6.07, 6.45) is 3.30. The van der Waals surface area contributed by atoms with Gasteiger partial charge >= 0.3 is 5.97 Å². The molecule has 0 saturated heterocycles. The molecule has 0 spiro atoms. The lowest BCUT2D eigenvalue weighted by Gasteiger charge is -2.01. The third-order valence-electron chi connectivity index (χ3n) is 2.64. The van der Waals surface area contributed by atoms with Crippen molar-refractivity contribution in [2.24, 2.45) is 0 Å². The maximum Gasteiger partial charge on any atom is 0.376 e. The molecule has 108 valence electrons. The van der Waals surface area contributed by atoms with E-state index in [0.717, 1.165) is 0 Å². The predicted octanol–water partition coefficient (Wildman–Crippen LogP) is 1.62. The molecule has 0 aliphatic carbocycles. The van der Waals surface area contributed by atoms with Crippen LogP contribution >= 0.6 is 0 Å². The molecule has 0 aliphatic heterocycles. The zero-order valence-corrected chi connectivity index (χ0v) is 10.7. The summed E-state index contributed by atoms with van der Waals surface area (Å²) in [6.45, 7) is 0.276. The Morgan fingerprint density at radius 2 is 2.10 bits per heavy atom. The topological polar surface area (TPSA) is 92.4 Å². The minimum Gasteiger partial charge on any atom is -0.507 e. The van der Waals surface area contributed by atoms with Crippen molar-refractivity contribution < 1.29 is 24.2 Å². The van der Waals surface area contributed by atoms with Gasteiger partial charge in [0, 0.05) is 12.3 Å². The lowest BCUT2D eigenvalue weighted by molar-refractivity contribution is -0.146. The number of aromatic nitrogens is 2. The number of benzene rings is 1. The molecular formula is C14H11FN2O4. The Balaban J connectivity index is 2.15. The van der Waals surface area contributed by atoms with Crippen LogP contribution in [0, 0.1) is 5.82 Å². The molecule has 2 rings (SSSR count). The van der Waals surface area contributed by atoms with Crippen molar-refractivity contribution in [2.45, 2.75) is 6.54 Å². The minimum atomic E-state index is -1.66. The highest BCUT2D eigenvalue weighted by molar-refractivity contribution is 6.38. The first-order valence-corrected chi connectivity index (χ1v) is 5.91. The molecule has 2 N–H and O–H groups in total. The molecule has 0 radical (unpaired) electrons. The minimum absolute atomic E-state index is 0.195. The number of carbonyl (C=O) groups excluding carboxylic acids is 1. The highest BCUT2D eigenvalue weighted by atomic mass is 19.1. The van der Waals surface area contributed by atoms with Crippen LogP contribution in [-0.4, -0.2) is 31.7 Å². The first kappa shape index (κ1) is 14.4. The van der Waals surface area contributed by atoms with Crippen LogP contribution in [-0.2, 0) is 16.1 Å². The lowest BCUT2D eigenvalue weighted by Crippen LogP contribution is -2.09. The van der Waals surface area contributed by atoms with Gasteiger partial charge in [-0.1, -0.05) is 12.1 Å². The molecule has 7 heteroatoms. The largest absolute Gasteiger partial charge is 0.507 e. The van der Waals surface area contributed by atoms with E-state index in [1.54, 1.807) is 12.1 Å². The van der Waals surface area contributed by atoms with Gasteiger partial charge in [0.25, 0.3) is 5.78 Å². The fraction of sp³-hybridized carbons (Fsp3) is 0.0714. The fourth-order valence-electron chi connectivity index (χ4n) is 1.67. The normalized spacial score (nSPS) is 11.4. The average Bonchev–Trinajstić information content (AvgIpc) is 2.87. The average molecular weight is 290 g/mol. The van der Waals surface area contributed by atoms with E-state index in [9.17, 15) is 19.1 Å². The molecule has 1 aromatic heterocycles. The summed E-state index contributed by atoms with van der Waals surface area (Å²) in [5.74, 6) is -3.75. The first-order chi connectivity index (χ1) is 9.95. The molecule has 21 heavy (non-hydrogen) atoms. The standard InChI is InChI=1S/C14H11FN2O4/c15-11-3-1-2-9(4-11)7-17-8-10(6-16-17)12(18)5-13(19)14(20)21/h1-6,8,18H,7H2,(H,20,21). The number of halogens is 1. The van der Waals surface area contributed by atoms with Crippen molar-refractivity contribution >= 4 is 17.5 Å². The molecular weight excluding hydrogens is 279 g/mol. The quantitative estimate of drug-likeness (QED) is 0.496. The molecule has 2 aromatic rings. The Hall–Kier alpha value is -2.96. The van der Waals surface area contributed by atoms with E-state index in [1.807, 2.05) is 0 Å². The number of nitrogens with zero attached hydrogens (tertiary/aromatic N) is 2. The highest BCUT2D eigenvalue weighted by Crippen LogP contribution is 2.12. The van der Waals surface area contributed by atoms with Gasteiger partial charge in [-0.25, -0.2) is 9.18 Å². The van der Waals surface area contributed by atoms with Gasteiger partial charge < -0.3 is 10.2 Å². The van der Waals surface area contributed by atoms with Crippen molar-refractivity contribution in [3.8, 4) is 0 Å². The van der Waals surface area contributed by atoms with Gasteiger partial charge in [0.1, 0.15) is 11.6 Å². The second-order valence-corrected chi connectivity index (χ2v) is 4.26. The van der Waals surface area contributed by atoms with Gasteiger partial charge in [-0.2, -0.15) is 5.10 Å². The van der Waals surface area contributed by atoms with Crippen molar-refractivity contribution in [3.63, 3.8) is 0 Å². The molecule has 0 atom stereocenters. The monoisotopic (exact) mass is 290 g/mol. The van der Waals surface area contributed by atoms with E-state index < -0.39 is 17.5 Å². The molecule has 6 nitrogen and oxygen atoms in total. The van der Waals surface area contributed by atoms with Gasteiger partial charge in [-0.15, -0.1) is 0 Å². The molecule has 0 fully saturated rings. The zero-order chi connectivity index (χ0) is 15.4. The van der Waals surface area contributed by atoms with Crippen LogP contribution in [0.25, 0.3) is 5.76 Å². The number of rotatable bonds is 5. The van der Waals surface area contributed by atoms with Gasteiger partial charge in [0.15, 0.2) is 0 Å². The van der Waals surface area contributed by atoms with Crippen molar-refractivity contribution in [1.82, 2.24) is 9.78 Å². The van der Waals surface area contributed by atoms with Crippen LogP contribution in [0.5, 0.6) is 0 Å². The molecule has 0 unspecified atom stereocenters. The van der Waals surface area contributed by atoms with Crippen LogP contribution in [0.15, 0.2) is 42.7 Å². The van der Waals surface area contributed by atoms with Crippen molar-refractivity contribution in [2.75, 3.05) is 0 Å². The summed E-state index contributed by atoms with van der Waals surface area (Å²) < 4.78 is 14.5. The summed E-state index contributed by atoms with van der Waals surface area (Å²) in [5.41, 5.74) is 0.871. The van der Waals surface area contributed by atoms with Crippen LogP contribution in [0.3, 0.4) is 0 Å². The van der Waals surface area contributed by atoms with E-state index in [1.165, 1.54) is 29.2 Å². The number of aliphatic hydroxyl groups excluding tert-OH is 1. The fourth-order valence-corrected chi connectivity index (χ4v) is 1.67. The Labute approximate surface area is 118 Å². The Bertz CT molecular complexity index is 721. The molecule has 0 aliphatic rings. The van der Waals surface area contributed by atoms with Crippen molar-refractivity contribution in [1.29, 1.82) is 0 Å². The number of carboxylic acids is 1. The maximum atomic E-state index is 13.1. The van der Waals surface area contributed by atoms with E-state index in [2.05, 4.69) is 5.10 Å². The predicted molar refractivity (Wildman–Crippen MR) is 71.0 cm³/mol. The second kappa shape index (κ2) is 6.00. The SMILES string of the molecule is O=C(O)C(=O)C=C(O)c1cnn(Cc2cccc(F)c2)c1. The van der Waals surface area contributed by atoms with Crippen LogP contribution < -0.4 is 0 Å². The van der Waals surface area contributed by atoms with Crippen LogP contribution in [0.4, 0.5) is 4.39 Å². The molecule has 1 aromatic carbocycles. The highest BCUT2D eigenvalue weighted by Gasteiger charge is 2.11. The molecule has 1 heterocycles. The molecule has 0 bridgehead atoms. The van der Waals surface area contributed by atoms with Gasteiger partial charge in [0.2, 0.25) is 0 Å². The van der Waals surface area contributed by atoms with Crippen molar-refractivity contribution in [3.05, 3.63) is 59.7 Å². The summed E-state index contributed by atoms with van der Waals surface area (Å²) in [5, 5.41) is 22.0. The number of aliphatic carboxylic acids is 1. The Morgan fingerprint density at radius 1 is 1.33 bits per heavy atom. The molecule has 0 amide bonds. The summed E-state index contributed by atoms with van der Waals surface area (Å²) >= 11 is 0. The zero-order valence-electron chi connectivity index (χ0n) is 10.7. The number of carboxylic acid groups (broad SMARTS) is 1. The third-order valence-corrected chi connectivity index (χ3v) is 2.64. The van der Waals surface area contributed by atoms with E-state index in [0.29, 0.717) is 11.6 Å². The maximum absolute atomic E-state index is 13.1. The number of hydrogen-bond donors (Lipinski definition) is 2. The summed E-state index contributed by atoms with van der Waals surface area (Å²) in [6, 6.07) is 5.96. The smallest absolute Gasteiger partial charge is 0.376 e. The number of aliphatic hydroxyl groups is 1. The third kappa shape index (κ3) is 3.75. The second-order valence-electron chi connectivity index (χ2n) is 4.26. The van der Waals surface area contributed by atoms with Gasteiger partial charge in [0.05, 0.1) is 18.3 Å². The van der Waals surface area contributed by atoms with E-state index in [-0.39, 0.29) is 17.9 Å². The van der Waals surface area contributed by atoms with Crippen LogP contribution in [0.1, 0.15) is 11.1 Å². The van der Waals surface area contributed by atoms with E-state index >= 15 is 0 Å². The number of carbonyl (C=O) groups is 2. The lowest BCUT2D eigenvalue weighted by atomic mass is 10.2. The van der Waals surface area contributed by atoms with Gasteiger partial charge in [-0.3, -0.25) is 9.48 Å². The first-order valence-electron chi connectivity index (χ1n) is 5.91. The molecule has 0 saturated carbocycles. The Kier molecular flexibility index (Phi) is 4.13. The van der Waals surface area contributed by atoms with Gasteiger partial charge in [-0.05, 0) is 17.7 Å².